The van der Waals surface area contributed by atoms with Crippen LogP contribution in [0.25, 0.3) is 0 Å². The first kappa shape index (κ1) is 11.1. The van der Waals surface area contributed by atoms with Crippen LogP contribution >= 0.6 is 0 Å². The molecule has 2 nitrogen and oxygen atoms in total. The zero-order chi connectivity index (χ0) is 12.8. The van der Waals surface area contributed by atoms with Gasteiger partial charge < -0.3 is 10.4 Å². The third-order valence-corrected chi connectivity index (χ3v) is 4.58. The highest BCUT2D eigenvalue weighted by molar-refractivity contribution is 5.50. The molecule has 2 aromatic rings. The highest BCUT2D eigenvalue weighted by Crippen LogP contribution is 2.42. The van der Waals surface area contributed by atoms with E-state index >= 15 is 0 Å². The van der Waals surface area contributed by atoms with E-state index in [-0.39, 0.29) is 0 Å². The average Bonchev–Trinajstić information content (AvgIpc) is 2.47. The zero-order valence-corrected chi connectivity index (χ0v) is 10.8. The molecule has 0 aromatic heterocycles. The van der Waals surface area contributed by atoms with Crippen LogP contribution in [-0.2, 0) is 13.0 Å². The summed E-state index contributed by atoms with van der Waals surface area (Å²) in [5, 5.41) is 13.7. The second-order valence-electron chi connectivity index (χ2n) is 5.55. The van der Waals surface area contributed by atoms with Crippen molar-refractivity contribution in [2.75, 3.05) is 0 Å². The maximum absolute atomic E-state index is 10.1. The van der Waals surface area contributed by atoms with Crippen molar-refractivity contribution in [1.29, 1.82) is 0 Å². The summed E-state index contributed by atoms with van der Waals surface area (Å²) in [6.07, 6.45) is 2.07. The number of aromatic hydroxyl groups is 1. The van der Waals surface area contributed by atoms with Crippen LogP contribution < -0.4 is 5.32 Å². The smallest absolute Gasteiger partial charge is 0.119 e. The third-order valence-electron chi connectivity index (χ3n) is 4.58. The fourth-order valence-electron chi connectivity index (χ4n) is 3.68. The fourth-order valence-corrected chi connectivity index (χ4v) is 3.68. The normalized spacial score (nSPS) is 24.2. The number of hydrogen-bond acceptors (Lipinski definition) is 2. The van der Waals surface area contributed by atoms with Gasteiger partial charge in [0.05, 0.1) is 0 Å². The van der Waals surface area contributed by atoms with E-state index in [1.807, 2.05) is 6.07 Å². The molecule has 0 amide bonds. The highest BCUT2D eigenvalue weighted by atomic mass is 16.3. The summed E-state index contributed by atoms with van der Waals surface area (Å²) in [4.78, 5) is 0. The van der Waals surface area contributed by atoms with Crippen molar-refractivity contribution >= 4 is 0 Å². The SMILES string of the molecule is Oc1cccc2c1CC[C@@H]1NCc3ccccc3[C@@H]21. The predicted octanol–water partition coefficient (Wildman–Crippen LogP) is 2.94. The Bertz CT molecular complexity index is 635. The van der Waals surface area contributed by atoms with Gasteiger partial charge >= 0.3 is 0 Å². The Morgan fingerprint density at radius 2 is 1.84 bits per heavy atom. The summed E-state index contributed by atoms with van der Waals surface area (Å²) >= 11 is 0. The Labute approximate surface area is 113 Å². The molecule has 2 heteroatoms. The van der Waals surface area contributed by atoms with E-state index in [2.05, 4.69) is 35.6 Å². The van der Waals surface area contributed by atoms with Crippen LogP contribution in [0.15, 0.2) is 42.5 Å². The van der Waals surface area contributed by atoms with Gasteiger partial charge in [-0.1, -0.05) is 36.4 Å². The molecule has 96 valence electrons. The lowest BCUT2D eigenvalue weighted by atomic mass is 9.72. The van der Waals surface area contributed by atoms with E-state index in [9.17, 15) is 5.11 Å². The summed E-state index contributed by atoms with van der Waals surface area (Å²) in [6, 6.07) is 15.1. The molecule has 0 saturated carbocycles. The van der Waals surface area contributed by atoms with Crippen molar-refractivity contribution in [3.05, 3.63) is 64.7 Å². The molecule has 2 aromatic carbocycles. The molecule has 0 saturated heterocycles. The second kappa shape index (κ2) is 4.10. The molecule has 4 rings (SSSR count). The molecule has 19 heavy (non-hydrogen) atoms. The standard InChI is InChI=1S/C17H17NO/c19-16-7-3-6-14-13(16)8-9-15-17(14)12-5-2-1-4-11(12)10-18-15/h1-7,15,17-19H,8-10H2/t15-,17-/m0/s1. The third kappa shape index (κ3) is 1.60. The van der Waals surface area contributed by atoms with Crippen molar-refractivity contribution in [2.45, 2.75) is 31.3 Å². The Morgan fingerprint density at radius 1 is 1.00 bits per heavy atom. The Kier molecular flexibility index (Phi) is 2.39. The molecule has 2 aliphatic rings. The summed E-state index contributed by atoms with van der Waals surface area (Å²) in [6.45, 7) is 0.964. The molecule has 0 unspecified atom stereocenters. The van der Waals surface area contributed by atoms with Crippen LogP contribution in [-0.4, -0.2) is 11.1 Å². The Morgan fingerprint density at radius 3 is 2.79 bits per heavy atom. The van der Waals surface area contributed by atoms with Crippen LogP contribution in [0, 0.1) is 0 Å². The number of phenols is 1. The van der Waals surface area contributed by atoms with Crippen molar-refractivity contribution in [3.63, 3.8) is 0 Å². The van der Waals surface area contributed by atoms with E-state index in [4.69, 9.17) is 0 Å². The van der Waals surface area contributed by atoms with Gasteiger partial charge in [0.1, 0.15) is 5.75 Å². The van der Waals surface area contributed by atoms with Gasteiger partial charge in [-0.2, -0.15) is 0 Å². The van der Waals surface area contributed by atoms with Gasteiger partial charge in [0.2, 0.25) is 0 Å². The minimum atomic E-state index is 0.390. The van der Waals surface area contributed by atoms with Gasteiger partial charge in [0.15, 0.2) is 0 Å². The quantitative estimate of drug-likeness (QED) is 0.754. The molecular formula is C17H17NO. The number of fused-ring (bicyclic) bond motifs is 5. The molecule has 0 spiro atoms. The topological polar surface area (TPSA) is 32.3 Å². The largest absolute Gasteiger partial charge is 0.508 e. The average molecular weight is 251 g/mol. The fraction of sp³-hybridized carbons (Fsp3) is 0.294. The maximum Gasteiger partial charge on any atom is 0.119 e. The van der Waals surface area contributed by atoms with Crippen molar-refractivity contribution in [1.82, 2.24) is 5.32 Å². The first-order valence-corrected chi connectivity index (χ1v) is 6.96. The monoisotopic (exact) mass is 251 g/mol. The Balaban J connectivity index is 1.93. The lowest BCUT2D eigenvalue weighted by molar-refractivity contribution is 0.383. The second-order valence-corrected chi connectivity index (χ2v) is 5.55. The van der Waals surface area contributed by atoms with Gasteiger partial charge in [-0.3, -0.25) is 0 Å². The summed E-state index contributed by atoms with van der Waals surface area (Å²) in [5.74, 6) is 0.847. The molecule has 0 fully saturated rings. The minimum absolute atomic E-state index is 0.390. The summed E-state index contributed by atoms with van der Waals surface area (Å²) in [7, 11) is 0. The van der Waals surface area contributed by atoms with Crippen molar-refractivity contribution < 1.29 is 5.11 Å². The highest BCUT2D eigenvalue weighted by Gasteiger charge is 2.35. The van der Waals surface area contributed by atoms with Crippen LogP contribution in [0.5, 0.6) is 5.75 Å². The number of nitrogens with one attached hydrogen (secondary N) is 1. The van der Waals surface area contributed by atoms with Crippen LogP contribution in [0.4, 0.5) is 0 Å². The van der Waals surface area contributed by atoms with Crippen molar-refractivity contribution in [3.8, 4) is 5.75 Å². The molecule has 1 aliphatic heterocycles. The van der Waals surface area contributed by atoms with E-state index in [1.165, 1.54) is 16.7 Å². The number of hydrogen-bond donors (Lipinski definition) is 2. The minimum Gasteiger partial charge on any atom is -0.508 e. The molecule has 2 atom stereocenters. The molecule has 0 radical (unpaired) electrons. The van der Waals surface area contributed by atoms with E-state index < -0.39 is 0 Å². The van der Waals surface area contributed by atoms with Crippen molar-refractivity contribution in [2.24, 2.45) is 0 Å². The molecule has 2 N–H and O–H groups in total. The lowest BCUT2D eigenvalue weighted by Crippen LogP contribution is -2.42. The van der Waals surface area contributed by atoms with Gasteiger partial charge in [-0.25, -0.2) is 0 Å². The lowest BCUT2D eigenvalue weighted by Gasteiger charge is -2.39. The molecular weight excluding hydrogens is 234 g/mol. The van der Waals surface area contributed by atoms with E-state index in [0.717, 1.165) is 24.9 Å². The van der Waals surface area contributed by atoms with E-state index in [0.29, 0.717) is 17.7 Å². The van der Waals surface area contributed by atoms with Crippen LogP contribution in [0.3, 0.4) is 0 Å². The summed E-state index contributed by atoms with van der Waals surface area (Å²) in [5.41, 5.74) is 5.26. The van der Waals surface area contributed by atoms with E-state index in [1.54, 1.807) is 6.07 Å². The predicted molar refractivity (Wildman–Crippen MR) is 75.3 cm³/mol. The zero-order valence-electron chi connectivity index (χ0n) is 10.8. The first-order chi connectivity index (χ1) is 9.34. The van der Waals surface area contributed by atoms with Crippen LogP contribution in [0.2, 0.25) is 0 Å². The number of rotatable bonds is 0. The Hall–Kier alpha value is -1.80. The van der Waals surface area contributed by atoms with Gasteiger partial charge in [-0.15, -0.1) is 0 Å². The first-order valence-electron chi connectivity index (χ1n) is 6.96. The summed E-state index contributed by atoms with van der Waals surface area (Å²) < 4.78 is 0. The molecule has 1 aliphatic carbocycles. The number of benzene rings is 2. The van der Waals surface area contributed by atoms with Gasteiger partial charge in [0.25, 0.3) is 0 Å². The maximum atomic E-state index is 10.1. The van der Waals surface area contributed by atoms with Gasteiger partial charge in [-0.05, 0) is 41.2 Å². The van der Waals surface area contributed by atoms with Gasteiger partial charge in [0, 0.05) is 18.5 Å². The molecule has 1 heterocycles. The van der Waals surface area contributed by atoms with Crippen LogP contribution in [0.1, 0.15) is 34.6 Å². The number of phenolic OH excluding ortho intramolecular Hbond substituents is 1. The molecule has 0 bridgehead atoms.